The van der Waals surface area contributed by atoms with E-state index in [2.05, 4.69) is 10.0 Å². The smallest absolute Gasteiger partial charge is 0.236 e. The summed E-state index contributed by atoms with van der Waals surface area (Å²) >= 11 is 0. The highest BCUT2D eigenvalue weighted by Crippen LogP contribution is 2.18. The number of hydrogen-bond donors (Lipinski definition) is 2. The van der Waals surface area contributed by atoms with Gasteiger partial charge in [0.2, 0.25) is 10.0 Å². The Morgan fingerprint density at radius 1 is 1.29 bits per heavy atom. The summed E-state index contributed by atoms with van der Waals surface area (Å²) < 4.78 is 51.5. The number of nitrogens with one attached hydrogen (secondary N) is 2. The molecule has 1 atom stereocenters. The van der Waals surface area contributed by atoms with Crippen molar-refractivity contribution in [1.82, 2.24) is 5.32 Å². The summed E-state index contributed by atoms with van der Waals surface area (Å²) in [4.78, 5) is 0. The van der Waals surface area contributed by atoms with Crippen LogP contribution in [0.2, 0.25) is 0 Å². The summed E-state index contributed by atoms with van der Waals surface area (Å²) in [6.45, 7) is 1.02. The molecule has 1 aliphatic heterocycles. The van der Waals surface area contributed by atoms with Crippen LogP contribution < -0.4 is 10.0 Å². The molecule has 17 heavy (non-hydrogen) atoms. The first-order valence-corrected chi connectivity index (χ1v) is 6.71. The second kappa shape index (κ2) is 4.58. The Labute approximate surface area is 98.1 Å². The lowest BCUT2D eigenvalue weighted by Crippen LogP contribution is -2.29. The van der Waals surface area contributed by atoms with Crippen molar-refractivity contribution in [2.75, 3.05) is 17.8 Å². The number of rotatable bonds is 3. The zero-order valence-corrected chi connectivity index (χ0v) is 9.73. The van der Waals surface area contributed by atoms with Gasteiger partial charge in [-0.2, -0.15) is 0 Å². The average molecular weight is 262 g/mol. The summed E-state index contributed by atoms with van der Waals surface area (Å²) in [5.74, 6) is -2.08. The van der Waals surface area contributed by atoms with E-state index in [1.807, 2.05) is 0 Å². The van der Waals surface area contributed by atoms with Crippen molar-refractivity contribution < 1.29 is 17.2 Å². The molecule has 2 N–H and O–H groups in total. The van der Waals surface area contributed by atoms with Crippen LogP contribution >= 0.6 is 0 Å². The van der Waals surface area contributed by atoms with E-state index in [-0.39, 0.29) is 5.69 Å². The molecule has 0 aromatic heterocycles. The van der Waals surface area contributed by atoms with Crippen molar-refractivity contribution in [1.29, 1.82) is 0 Å². The van der Waals surface area contributed by atoms with Gasteiger partial charge in [-0.1, -0.05) is 0 Å². The molecular weight excluding hydrogens is 250 g/mol. The summed E-state index contributed by atoms with van der Waals surface area (Å²) in [7, 11) is -3.54. The van der Waals surface area contributed by atoms with Gasteiger partial charge in [-0.3, -0.25) is 4.72 Å². The second-order valence-electron chi connectivity index (χ2n) is 3.89. The van der Waals surface area contributed by atoms with Crippen molar-refractivity contribution in [3.05, 3.63) is 29.8 Å². The van der Waals surface area contributed by atoms with Crippen LogP contribution in [0.4, 0.5) is 14.5 Å². The molecule has 0 spiro atoms. The number of halogens is 2. The van der Waals surface area contributed by atoms with Crippen molar-refractivity contribution in [3.63, 3.8) is 0 Å². The third-order valence-electron chi connectivity index (χ3n) is 2.63. The first-order chi connectivity index (χ1) is 7.99. The van der Waals surface area contributed by atoms with E-state index in [9.17, 15) is 17.2 Å². The van der Waals surface area contributed by atoms with E-state index in [0.717, 1.165) is 12.1 Å². The highest BCUT2D eigenvalue weighted by molar-refractivity contribution is 7.93. The Balaban J connectivity index is 2.17. The molecule has 7 heteroatoms. The van der Waals surface area contributed by atoms with Gasteiger partial charge in [-0.05, 0) is 25.1 Å². The lowest BCUT2D eigenvalue weighted by atomic mass is 10.3. The fourth-order valence-electron chi connectivity index (χ4n) is 1.70. The van der Waals surface area contributed by atoms with E-state index < -0.39 is 26.9 Å². The van der Waals surface area contributed by atoms with Crippen LogP contribution in [0.15, 0.2) is 18.2 Å². The number of benzene rings is 1. The predicted molar refractivity (Wildman–Crippen MR) is 60.2 cm³/mol. The molecule has 4 nitrogen and oxygen atoms in total. The fraction of sp³-hybridized carbons (Fsp3) is 0.400. The van der Waals surface area contributed by atoms with Crippen LogP contribution in [0.25, 0.3) is 0 Å². The Morgan fingerprint density at radius 3 is 2.65 bits per heavy atom. The van der Waals surface area contributed by atoms with Gasteiger partial charge in [0.25, 0.3) is 0 Å². The van der Waals surface area contributed by atoms with E-state index in [1.54, 1.807) is 0 Å². The topological polar surface area (TPSA) is 58.2 Å². The summed E-state index contributed by atoms with van der Waals surface area (Å²) in [6, 6.07) is 2.91. The minimum absolute atomic E-state index is 0.0378. The minimum atomic E-state index is -3.54. The summed E-state index contributed by atoms with van der Waals surface area (Å²) in [6.07, 6.45) is 0.513. The molecule has 1 heterocycles. The zero-order chi connectivity index (χ0) is 12.5. The van der Waals surface area contributed by atoms with Crippen LogP contribution in [0, 0.1) is 11.6 Å². The normalized spacial score (nSPS) is 20.5. The van der Waals surface area contributed by atoms with Crippen LogP contribution in [0.1, 0.15) is 6.42 Å². The highest BCUT2D eigenvalue weighted by atomic mass is 32.2. The maximum Gasteiger partial charge on any atom is 0.236 e. The maximum atomic E-state index is 12.9. The van der Waals surface area contributed by atoms with Crippen LogP contribution in [0.3, 0.4) is 0 Å². The quantitative estimate of drug-likeness (QED) is 0.856. The Bertz CT molecular complexity index is 513. The number of hydrogen-bond acceptors (Lipinski definition) is 3. The molecule has 0 aliphatic carbocycles. The molecule has 0 radical (unpaired) electrons. The van der Waals surface area contributed by atoms with Gasteiger partial charge in [0.15, 0.2) is 11.6 Å². The minimum Gasteiger partial charge on any atom is -0.315 e. The van der Waals surface area contributed by atoms with Crippen molar-refractivity contribution in [2.45, 2.75) is 11.7 Å². The number of anilines is 1. The molecular formula is C10H12F2N2O2S. The molecule has 1 aromatic carbocycles. The largest absolute Gasteiger partial charge is 0.315 e. The molecule has 2 rings (SSSR count). The maximum absolute atomic E-state index is 12.9. The zero-order valence-electron chi connectivity index (χ0n) is 8.91. The van der Waals surface area contributed by atoms with Crippen molar-refractivity contribution >= 4 is 15.7 Å². The van der Waals surface area contributed by atoms with Gasteiger partial charge >= 0.3 is 0 Å². The second-order valence-corrected chi connectivity index (χ2v) is 5.85. The first kappa shape index (κ1) is 12.3. The van der Waals surface area contributed by atoms with Crippen LogP contribution in [0.5, 0.6) is 0 Å². The van der Waals surface area contributed by atoms with Crippen LogP contribution in [-0.4, -0.2) is 26.8 Å². The van der Waals surface area contributed by atoms with Gasteiger partial charge in [-0.15, -0.1) is 0 Å². The predicted octanol–water partition coefficient (Wildman–Crippen LogP) is 1.07. The average Bonchev–Trinajstić information content (AvgIpc) is 2.77. The van der Waals surface area contributed by atoms with E-state index in [1.165, 1.54) is 6.07 Å². The SMILES string of the molecule is O=S(=O)(Nc1ccc(F)c(F)c1)C1CCNC1. The van der Waals surface area contributed by atoms with E-state index >= 15 is 0 Å². The third kappa shape index (κ3) is 2.73. The van der Waals surface area contributed by atoms with E-state index in [0.29, 0.717) is 19.5 Å². The third-order valence-corrected chi connectivity index (χ3v) is 4.43. The van der Waals surface area contributed by atoms with Gasteiger partial charge in [0, 0.05) is 12.6 Å². The Hall–Kier alpha value is -1.21. The van der Waals surface area contributed by atoms with Gasteiger partial charge in [0.1, 0.15) is 0 Å². The van der Waals surface area contributed by atoms with Crippen molar-refractivity contribution in [3.8, 4) is 0 Å². The number of sulfonamides is 1. The van der Waals surface area contributed by atoms with Crippen molar-refractivity contribution in [2.24, 2.45) is 0 Å². The lowest BCUT2D eigenvalue weighted by Gasteiger charge is -2.12. The molecule has 0 amide bonds. The van der Waals surface area contributed by atoms with Gasteiger partial charge in [0.05, 0.1) is 10.9 Å². The molecule has 0 bridgehead atoms. The summed E-state index contributed by atoms with van der Waals surface area (Å²) in [5, 5.41) is 2.40. The highest BCUT2D eigenvalue weighted by Gasteiger charge is 2.28. The lowest BCUT2D eigenvalue weighted by molar-refractivity contribution is 0.509. The fourth-order valence-corrected chi connectivity index (χ4v) is 3.09. The van der Waals surface area contributed by atoms with Gasteiger partial charge in [-0.25, -0.2) is 17.2 Å². The van der Waals surface area contributed by atoms with Crippen LogP contribution in [-0.2, 0) is 10.0 Å². The molecule has 1 aliphatic rings. The summed E-state index contributed by atoms with van der Waals surface area (Å²) in [5.41, 5.74) is 0.0378. The molecule has 94 valence electrons. The Morgan fingerprint density at radius 2 is 2.06 bits per heavy atom. The van der Waals surface area contributed by atoms with Gasteiger partial charge < -0.3 is 5.32 Å². The standard InChI is InChI=1S/C10H12F2N2O2S/c11-9-2-1-7(5-10(9)12)14-17(15,16)8-3-4-13-6-8/h1-2,5,8,13-14H,3-4,6H2. The Kier molecular flexibility index (Phi) is 3.30. The first-order valence-electron chi connectivity index (χ1n) is 5.16. The molecule has 1 unspecified atom stereocenters. The molecule has 0 saturated carbocycles. The van der Waals surface area contributed by atoms with E-state index in [4.69, 9.17) is 0 Å². The monoisotopic (exact) mass is 262 g/mol. The molecule has 1 aromatic rings. The molecule has 1 fully saturated rings. The molecule has 1 saturated heterocycles.